The second-order valence-corrected chi connectivity index (χ2v) is 3.80. The highest BCUT2D eigenvalue weighted by molar-refractivity contribution is 5.49. The first kappa shape index (κ1) is 11.4. The molecular formula is C12H16N4O. The highest BCUT2D eigenvalue weighted by Gasteiger charge is 2.04. The van der Waals surface area contributed by atoms with Gasteiger partial charge in [0.25, 0.3) is 0 Å². The topological polar surface area (TPSA) is 66.0 Å². The molecule has 90 valence electrons. The average Bonchev–Trinajstić information content (AvgIpc) is 2.78. The summed E-state index contributed by atoms with van der Waals surface area (Å²) in [4.78, 5) is 4.14. The Balaban J connectivity index is 2.05. The molecule has 1 aromatic heterocycles. The number of ether oxygens (including phenoxy) is 1. The number of nitrogen functional groups attached to an aromatic ring is 1. The normalized spacial score (nSPS) is 10.5. The van der Waals surface area contributed by atoms with Crippen LogP contribution < -0.4 is 10.5 Å². The van der Waals surface area contributed by atoms with Gasteiger partial charge in [-0.3, -0.25) is 0 Å². The molecule has 2 aromatic rings. The van der Waals surface area contributed by atoms with Crippen molar-refractivity contribution in [1.29, 1.82) is 0 Å². The van der Waals surface area contributed by atoms with Crippen molar-refractivity contribution in [3.8, 4) is 5.75 Å². The lowest BCUT2D eigenvalue weighted by Crippen LogP contribution is -2.07. The predicted molar refractivity (Wildman–Crippen MR) is 65.6 cm³/mol. The van der Waals surface area contributed by atoms with E-state index in [1.54, 1.807) is 0 Å². The van der Waals surface area contributed by atoms with Crippen molar-refractivity contribution in [1.82, 2.24) is 14.8 Å². The molecule has 5 nitrogen and oxygen atoms in total. The van der Waals surface area contributed by atoms with Gasteiger partial charge >= 0.3 is 0 Å². The van der Waals surface area contributed by atoms with Crippen LogP contribution in [0.3, 0.4) is 0 Å². The molecule has 0 fully saturated rings. The van der Waals surface area contributed by atoms with E-state index in [0.29, 0.717) is 6.61 Å². The molecule has 0 aliphatic carbocycles. The largest absolute Gasteiger partial charge is 0.486 e. The molecule has 0 atom stereocenters. The van der Waals surface area contributed by atoms with E-state index in [-0.39, 0.29) is 0 Å². The fraction of sp³-hybridized carbons (Fsp3) is 0.333. The Kier molecular flexibility index (Phi) is 3.27. The zero-order chi connectivity index (χ0) is 12.3. The van der Waals surface area contributed by atoms with E-state index >= 15 is 0 Å². The minimum Gasteiger partial charge on any atom is -0.486 e. The minimum atomic E-state index is 0.414. The maximum atomic E-state index is 5.74. The van der Waals surface area contributed by atoms with Crippen LogP contribution in [0.1, 0.15) is 18.3 Å². The quantitative estimate of drug-likeness (QED) is 0.816. The Morgan fingerprint density at radius 1 is 1.41 bits per heavy atom. The van der Waals surface area contributed by atoms with E-state index < -0.39 is 0 Å². The van der Waals surface area contributed by atoms with E-state index in [0.717, 1.165) is 29.4 Å². The first-order valence-electron chi connectivity index (χ1n) is 5.56. The first-order chi connectivity index (χ1) is 8.20. The van der Waals surface area contributed by atoms with Crippen molar-refractivity contribution in [3.63, 3.8) is 0 Å². The maximum Gasteiger partial charge on any atom is 0.164 e. The average molecular weight is 232 g/mol. The number of aryl methyl sites for hydroxylation is 2. The minimum absolute atomic E-state index is 0.414. The third-order valence-electron chi connectivity index (χ3n) is 2.60. The van der Waals surface area contributed by atoms with Gasteiger partial charge in [-0.1, -0.05) is 0 Å². The second kappa shape index (κ2) is 4.86. The molecule has 1 heterocycles. The van der Waals surface area contributed by atoms with Crippen molar-refractivity contribution in [3.05, 3.63) is 35.9 Å². The lowest BCUT2D eigenvalue weighted by Gasteiger charge is -2.08. The zero-order valence-electron chi connectivity index (χ0n) is 10.1. The predicted octanol–water partition coefficient (Wildman–Crippen LogP) is 1.77. The van der Waals surface area contributed by atoms with Gasteiger partial charge < -0.3 is 10.5 Å². The van der Waals surface area contributed by atoms with Crippen LogP contribution in [0.5, 0.6) is 5.75 Å². The fourth-order valence-electron chi connectivity index (χ4n) is 1.55. The van der Waals surface area contributed by atoms with Gasteiger partial charge in [0.15, 0.2) is 5.82 Å². The van der Waals surface area contributed by atoms with E-state index in [1.807, 2.05) is 36.7 Å². The molecule has 0 aliphatic rings. The molecule has 0 spiro atoms. The van der Waals surface area contributed by atoms with Crippen LogP contribution in [-0.4, -0.2) is 14.8 Å². The standard InChI is InChI=1S/C12H16N4O/c1-3-16-12(14-8-15-16)7-17-10-4-5-11(13)9(2)6-10/h4-6,8H,3,7,13H2,1-2H3. The number of hydrogen-bond acceptors (Lipinski definition) is 4. The van der Waals surface area contributed by atoms with Gasteiger partial charge in [-0.25, -0.2) is 9.67 Å². The van der Waals surface area contributed by atoms with Crippen molar-refractivity contribution in [2.24, 2.45) is 0 Å². The maximum absolute atomic E-state index is 5.74. The summed E-state index contributed by atoms with van der Waals surface area (Å²) in [6.45, 7) is 5.18. The van der Waals surface area contributed by atoms with Crippen LogP contribution in [0.4, 0.5) is 5.69 Å². The van der Waals surface area contributed by atoms with Crippen LogP contribution in [-0.2, 0) is 13.2 Å². The molecule has 0 saturated heterocycles. The molecule has 5 heteroatoms. The van der Waals surface area contributed by atoms with E-state index in [9.17, 15) is 0 Å². The first-order valence-corrected chi connectivity index (χ1v) is 5.56. The lowest BCUT2D eigenvalue weighted by molar-refractivity contribution is 0.287. The summed E-state index contributed by atoms with van der Waals surface area (Å²) in [6.07, 6.45) is 1.54. The number of nitrogens with two attached hydrogens (primary N) is 1. The molecule has 2 rings (SSSR count). The Morgan fingerprint density at radius 2 is 2.24 bits per heavy atom. The summed E-state index contributed by atoms with van der Waals surface area (Å²) in [5.41, 5.74) is 7.53. The van der Waals surface area contributed by atoms with Gasteiger partial charge in [-0.15, -0.1) is 0 Å². The zero-order valence-corrected chi connectivity index (χ0v) is 10.1. The fourth-order valence-corrected chi connectivity index (χ4v) is 1.55. The summed E-state index contributed by atoms with van der Waals surface area (Å²) in [6, 6.07) is 5.62. The third-order valence-corrected chi connectivity index (χ3v) is 2.60. The van der Waals surface area contributed by atoms with E-state index in [1.165, 1.54) is 6.33 Å². The summed E-state index contributed by atoms with van der Waals surface area (Å²) in [7, 11) is 0. The number of benzene rings is 1. The SMILES string of the molecule is CCn1ncnc1COc1ccc(N)c(C)c1. The molecule has 0 bridgehead atoms. The van der Waals surface area contributed by atoms with Crippen molar-refractivity contribution in [2.75, 3.05) is 5.73 Å². The second-order valence-electron chi connectivity index (χ2n) is 3.80. The Bertz CT molecular complexity index is 507. The highest BCUT2D eigenvalue weighted by Crippen LogP contribution is 2.19. The Hall–Kier alpha value is -2.04. The van der Waals surface area contributed by atoms with Crippen molar-refractivity contribution in [2.45, 2.75) is 27.0 Å². The number of nitrogens with zero attached hydrogens (tertiary/aromatic N) is 3. The molecule has 0 unspecified atom stereocenters. The molecule has 17 heavy (non-hydrogen) atoms. The molecule has 0 saturated carbocycles. The smallest absolute Gasteiger partial charge is 0.164 e. The Labute approximate surface area is 100 Å². The van der Waals surface area contributed by atoms with Crippen LogP contribution in [0.25, 0.3) is 0 Å². The molecule has 0 aliphatic heterocycles. The number of aromatic nitrogens is 3. The molecule has 2 N–H and O–H groups in total. The summed E-state index contributed by atoms with van der Waals surface area (Å²) in [5.74, 6) is 1.62. The van der Waals surface area contributed by atoms with Gasteiger partial charge in [0.2, 0.25) is 0 Å². The number of anilines is 1. The van der Waals surface area contributed by atoms with E-state index in [2.05, 4.69) is 10.1 Å². The molecular weight excluding hydrogens is 216 g/mol. The molecule has 1 aromatic carbocycles. The molecule has 0 amide bonds. The van der Waals surface area contributed by atoms with Crippen LogP contribution in [0, 0.1) is 6.92 Å². The van der Waals surface area contributed by atoms with Crippen LogP contribution in [0.2, 0.25) is 0 Å². The Morgan fingerprint density at radius 3 is 2.94 bits per heavy atom. The van der Waals surface area contributed by atoms with Gasteiger partial charge in [0, 0.05) is 12.2 Å². The van der Waals surface area contributed by atoms with Crippen LogP contribution >= 0.6 is 0 Å². The summed E-state index contributed by atoms with van der Waals surface area (Å²) >= 11 is 0. The van der Waals surface area contributed by atoms with Gasteiger partial charge in [0.05, 0.1) is 0 Å². The van der Waals surface area contributed by atoms with Gasteiger partial charge in [0.1, 0.15) is 18.7 Å². The highest BCUT2D eigenvalue weighted by atomic mass is 16.5. The van der Waals surface area contributed by atoms with E-state index in [4.69, 9.17) is 10.5 Å². The van der Waals surface area contributed by atoms with Gasteiger partial charge in [-0.2, -0.15) is 5.10 Å². The summed E-state index contributed by atoms with van der Waals surface area (Å²) in [5, 5.41) is 4.08. The number of hydrogen-bond donors (Lipinski definition) is 1. The lowest BCUT2D eigenvalue weighted by atomic mass is 10.2. The monoisotopic (exact) mass is 232 g/mol. The van der Waals surface area contributed by atoms with Crippen molar-refractivity contribution >= 4 is 5.69 Å². The number of rotatable bonds is 4. The third kappa shape index (κ3) is 2.55. The molecule has 0 radical (unpaired) electrons. The van der Waals surface area contributed by atoms with Gasteiger partial charge in [-0.05, 0) is 37.6 Å². The van der Waals surface area contributed by atoms with Crippen LogP contribution in [0.15, 0.2) is 24.5 Å². The van der Waals surface area contributed by atoms with Crippen molar-refractivity contribution < 1.29 is 4.74 Å². The summed E-state index contributed by atoms with van der Waals surface area (Å²) < 4.78 is 7.46.